The lowest BCUT2D eigenvalue weighted by Crippen LogP contribution is -2.41. The minimum absolute atomic E-state index is 0.0846. The number of ether oxygens (including phenoxy) is 1. The zero-order valence-electron chi connectivity index (χ0n) is 21.0. The topological polar surface area (TPSA) is 130 Å². The molecule has 0 atom stereocenters. The molecular formula is C26H34N8O3. The Labute approximate surface area is 215 Å². The van der Waals surface area contributed by atoms with Crippen molar-refractivity contribution >= 4 is 34.5 Å². The molecule has 196 valence electrons. The van der Waals surface area contributed by atoms with Crippen molar-refractivity contribution in [2.24, 2.45) is 0 Å². The van der Waals surface area contributed by atoms with E-state index in [1.165, 1.54) is 12.8 Å². The van der Waals surface area contributed by atoms with Crippen molar-refractivity contribution in [2.45, 2.75) is 69.6 Å². The summed E-state index contributed by atoms with van der Waals surface area (Å²) >= 11 is 0. The molecule has 3 aliphatic rings. The quantitative estimate of drug-likeness (QED) is 0.461. The fourth-order valence-electron chi connectivity index (χ4n) is 5.58. The van der Waals surface area contributed by atoms with Gasteiger partial charge < -0.3 is 29.9 Å². The number of carbonyl (C=O) groups excluding carboxylic acids is 1. The molecule has 0 radical (unpaired) electrons. The van der Waals surface area contributed by atoms with Gasteiger partial charge in [-0.3, -0.25) is 4.79 Å². The largest absolute Gasteiger partial charge is 0.393 e. The highest BCUT2D eigenvalue weighted by atomic mass is 16.5. The normalized spacial score (nSPS) is 22.9. The van der Waals surface area contributed by atoms with Crippen LogP contribution in [0.3, 0.4) is 0 Å². The zero-order chi connectivity index (χ0) is 25.2. The standard InChI is InChI=1S/C26H34N8O3/c35-20-8-5-17(6-9-20)30-26-31-23(22-24(32-26)34(16-28-22)19-3-1-2-4-19)29-18-7-10-21(27-15-18)25(36)33-11-13-37-14-12-33/h7,10,15-17,19-20,35H,1-6,8-9,11-14H2,(H2,29,30,31,32). The minimum atomic E-state index is -0.215. The predicted octanol–water partition coefficient (Wildman–Crippen LogP) is 3.27. The fourth-order valence-corrected chi connectivity index (χ4v) is 5.58. The van der Waals surface area contributed by atoms with E-state index in [2.05, 4.69) is 25.2 Å². The summed E-state index contributed by atoms with van der Waals surface area (Å²) < 4.78 is 7.53. The number of carbonyl (C=O) groups is 1. The van der Waals surface area contributed by atoms with Gasteiger partial charge in [0.05, 0.1) is 37.5 Å². The van der Waals surface area contributed by atoms with Crippen LogP contribution in [0, 0.1) is 0 Å². The highest BCUT2D eigenvalue weighted by Gasteiger charge is 2.25. The Kier molecular flexibility index (Phi) is 6.88. The molecule has 1 saturated heterocycles. The molecule has 0 spiro atoms. The average Bonchev–Trinajstić information content (AvgIpc) is 3.61. The lowest BCUT2D eigenvalue weighted by molar-refractivity contribution is 0.0299. The number of aliphatic hydroxyl groups is 1. The van der Waals surface area contributed by atoms with Crippen LogP contribution in [0.15, 0.2) is 24.7 Å². The van der Waals surface area contributed by atoms with Crippen LogP contribution in [-0.4, -0.2) is 78.9 Å². The van der Waals surface area contributed by atoms with Gasteiger partial charge in [0, 0.05) is 25.2 Å². The summed E-state index contributed by atoms with van der Waals surface area (Å²) in [6.07, 6.45) is 11.4. The monoisotopic (exact) mass is 506 g/mol. The third-order valence-electron chi connectivity index (χ3n) is 7.71. The Morgan fingerprint density at radius 3 is 2.51 bits per heavy atom. The number of anilines is 3. The number of fused-ring (bicyclic) bond motifs is 1. The molecule has 0 bridgehead atoms. The fraction of sp³-hybridized carbons (Fsp3) is 0.577. The Morgan fingerprint density at radius 2 is 1.78 bits per heavy atom. The second-order valence-corrected chi connectivity index (χ2v) is 10.3. The first kappa shape index (κ1) is 24.1. The second-order valence-electron chi connectivity index (χ2n) is 10.3. The van der Waals surface area contributed by atoms with Gasteiger partial charge in [0.2, 0.25) is 5.95 Å². The number of imidazole rings is 1. The van der Waals surface area contributed by atoms with E-state index >= 15 is 0 Å². The molecule has 1 aliphatic heterocycles. The van der Waals surface area contributed by atoms with Gasteiger partial charge in [-0.15, -0.1) is 0 Å². The van der Waals surface area contributed by atoms with Gasteiger partial charge in [-0.1, -0.05) is 12.8 Å². The molecule has 11 nitrogen and oxygen atoms in total. The number of morpholine rings is 1. The third kappa shape index (κ3) is 5.24. The minimum Gasteiger partial charge on any atom is -0.393 e. The van der Waals surface area contributed by atoms with Gasteiger partial charge in [0.1, 0.15) is 5.69 Å². The van der Waals surface area contributed by atoms with Crippen molar-refractivity contribution in [1.29, 1.82) is 0 Å². The number of aliphatic hydroxyl groups excluding tert-OH is 1. The van der Waals surface area contributed by atoms with Gasteiger partial charge in [-0.05, 0) is 50.7 Å². The van der Waals surface area contributed by atoms with E-state index in [0.717, 1.165) is 49.9 Å². The van der Waals surface area contributed by atoms with E-state index in [1.807, 2.05) is 12.4 Å². The summed E-state index contributed by atoms with van der Waals surface area (Å²) in [5, 5.41) is 16.7. The highest BCUT2D eigenvalue weighted by Crippen LogP contribution is 2.34. The molecule has 3 aromatic heterocycles. The van der Waals surface area contributed by atoms with Crippen LogP contribution in [0.2, 0.25) is 0 Å². The van der Waals surface area contributed by atoms with Crippen molar-refractivity contribution in [2.75, 3.05) is 36.9 Å². The van der Waals surface area contributed by atoms with Crippen LogP contribution >= 0.6 is 0 Å². The van der Waals surface area contributed by atoms with E-state index in [-0.39, 0.29) is 18.1 Å². The smallest absolute Gasteiger partial charge is 0.272 e. The van der Waals surface area contributed by atoms with Crippen molar-refractivity contribution in [1.82, 2.24) is 29.4 Å². The van der Waals surface area contributed by atoms with E-state index in [4.69, 9.17) is 14.7 Å². The van der Waals surface area contributed by atoms with Crippen molar-refractivity contribution in [3.8, 4) is 0 Å². The van der Waals surface area contributed by atoms with E-state index in [9.17, 15) is 9.90 Å². The molecule has 4 heterocycles. The van der Waals surface area contributed by atoms with Crippen LogP contribution in [0.4, 0.5) is 17.5 Å². The third-order valence-corrected chi connectivity index (χ3v) is 7.71. The molecule has 0 unspecified atom stereocenters. The predicted molar refractivity (Wildman–Crippen MR) is 139 cm³/mol. The van der Waals surface area contributed by atoms with Crippen LogP contribution in [-0.2, 0) is 4.74 Å². The molecule has 3 aromatic rings. The number of nitrogens with one attached hydrogen (secondary N) is 2. The van der Waals surface area contributed by atoms with Gasteiger partial charge >= 0.3 is 0 Å². The highest BCUT2D eigenvalue weighted by molar-refractivity contribution is 5.93. The van der Waals surface area contributed by atoms with E-state index in [0.29, 0.717) is 55.3 Å². The van der Waals surface area contributed by atoms with Crippen molar-refractivity contribution < 1.29 is 14.6 Å². The molecule has 2 saturated carbocycles. The number of hydrogen-bond acceptors (Lipinski definition) is 9. The maximum Gasteiger partial charge on any atom is 0.272 e. The molecule has 11 heteroatoms. The Balaban J connectivity index is 1.26. The number of pyridine rings is 1. The number of hydrogen-bond donors (Lipinski definition) is 3. The lowest BCUT2D eigenvalue weighted by atomic mass is 9.93. The molecule has 0 aromatic carbocycles. The summed E-state index contributed by atoms with van der Waals surface area (Å²) in [7, 11) is 0. The summed E-state index contributed by atoms with van der Waals surface area (Å²) in [5.41, 5.74) is 2.66. The zero-order valence-corrected chi connectivity index (χ0v) is 21.0. The maximum absolute atomic E-state index is 12.8. The van der Waals surface area contributed by atoms with E-state index < -0.39 is 0 Å². The maximum atomic E-state index is 12.8. The second kappa shape index (κ2) is 10.6. The molecule has 37 heavy (non-hydrogen) atoms. The van der Waals surface area contributed by atoms with Crippen LogP contribution < -0.4 is 10.6 Å². The van der Waals surface area contributed by atoms with Gasteiger partial charge in [-0.25, -0.2) is 9.97 Å². The molecule has 1 amide bonds. The summed E-state index contributed by atoms with van der Waals surface area (Å²) in [6.45, 7) is 2.28. The first-order valence-electron chi connectivity index (χ1n) is 13.4. The van der Waals surface area contributed by atoms with Crippen LogP contribution in [0.1, 0.15) is 67.9 Å². The molecule has 3 fully saturated rings. The van der Waals surface area contributed by atoms with Gasteiger partial charge in [0.15, 0.2) is 17.0 Å². The number of amides is 1. The Hall–Kier alpha value is -3.31. The van der Waals surface area contributed by atoms with Crippen LogP contribution in [0.25, 0.3) is 11.2 Å². The van der Waals surface area contributed by atoms with Crippen molar-refractivity contribution in [3.05, 3.63) is 30.4 Å². The van der Waals surface area contributed by atoms with Gasteiger partial charge in [-0.2, -0.15) is 9.97 Å². The Morgan fingerprint density at radius 1 is 1.00 bits per heavy atom. The lowest BCUT2D eigenvalue weighted by Gasteiger charge is -2.26. The number of rotatable bonds is 6. The molecule has 2 aliphatic carbocycles. The average molecular weight is 507 g/mol. The van der Waals surface area contributed by atoms with Crippen LogP contribution in [0.5, 0.6) is 0 Å². The summed E-state index contributed by atoms with van der Waals surface area (Å²) in [5.74, 6) is 1.08. The number of aromatic nitrogens is 5. The Bertz CT molecular complexity index is 1230. The summed E-state index contributed by atoms with van der Waals surface area (Å²) in [6, 6.07) is 4.21. The number of nitrogens with zero attached hydrogens (tertiary/aromatic N) is 6. The van der Waals surface area contributed by atoms with Crippen molar-refractivity contribution in [3.63, 3.8) is 0 Å². The van der Waals surface area contributed by atoms with E-state index in [1.54, 1.807) is 17.2 Å². The first-order valence-corrected chi connectivity index (χ1v) is 13.4. The molecule has 6 rings (SSSR count). The molecular weight excluding hydrogens is 472 g/mol. The molecule has 3 N–H and O–H groups in total. The first-order chi connectivity index (χ1) is 18.1. The summed E-state index contributed by atoms with van der Waals surface area (Å²) in [4.78, 5) is 33.3. The SMILES string of the molecule is O=C(c1ccc(Nc2nc(NC3CCC(O)CC3)nc3c2ncn3C2CCCC2)cn1)N1CCOCC1. The van der Waals surface area contributed by atoms with Gasteiger partial charge in [0.25, 0.3) is 5.91 Å².